The molecule has 0 aliphatic carbocycles. The molecule has 4 aliphatic heterocycles. The highest BCUT2D eigenvalue weighted by Crippen LogP contribution is 2.38. The number of nitrogens with zero attached hydrogens (tertiary/aromatic N) is 3. The molecule has 27 heavy (non-hydrogen) atoms. The van der Waals surface area contributed by atoms with Crippen molar-refractivity contribution in [3.63, 3.8) is 0 Å². The first-order chi connectivity index (χ1) is 13.3. The Balaban J connectivity index is 1.45. The van der Waals surface area contributed by atoms with Crippen molar-refractivity contribution in [1.29, 1.82) is 0 Å². The van der Waals surface area contributed by atoms with Gasteiger partial charge in [-0.05, 0) is 38.2 Å². The average molecular weight is 361 g/mol. The van der Waals surface area contributed by atoms with Gasteiger partial charge >= 0.3 is 0 Å². The zero-order valence-corrected chi connectivity index (χ0v) is 15.9. The maximum absolute atomic E-state index is 4.77. The van der Waals surface area contributed by atoms with Gasteiger partial charge in [0.05, 0.1) is 23.8 Å². The summed E-state index contributed by atoms with van der Waals surface area (Å²) in [4.78, 5) is 15.5. The van der Waals surface area contributed by atoms with E-state index in [0.717, 1.165) is 43.1 Å². The van der Waals surface area contributed by atoms with Gasteiger partial charge in [0.1, 0.15) is 11.5 Å². The van der Waals surface area contributed by atoms with E-state index in [9.17, 15) is 0 Å². The normalized spacial score (nSPS) is 26.0. The summed E-state index contributed by atoms with van der Waals surface area (Å²) in [5, 5.41) is 3.76. The predicted octanol–water partition coefficient (Wildman–Crippen LogP) is 4.11. The topological polar surface area (TPSA) is 56.8 Å². The Bertz CT molecular complexity index is 868. The van der Waals surface area contributed by atoms with Crippen LogP contribution >= 0.6 is 0 Å². The number of anilines is 1. The quantitative estimate of drug-likeness (QED) is 0.737. The highest BCUT2D eigenvalue weighted by Gasteiger charge is 2.30. The SMILES string of the molecule is CC1CC(c2ncc3ncc(N4CCCC4)c-3[nH]2)CC(c2ccccc2)N1. The van der Waals surface area contributed by atoms with Crippen LogP contribution in [0.5, 0.6) is 0 Å². The van der Waals surface area contributed by atoms with E-state index in [-0.39, 0.29) is 0 Å². The Hall–Kier alpha value is -2.40. The molecule has 0 saturated carbocycles. The van der Waals surface area contributed by atoms with Crippen LogP contribution in [0.1, 0.15) is 56.0 Å². The number of hydrogen-bond donors (Lipinski definition) is 2. The van der Waals surface area contributed by atoms with Crippen LogP contribution < -0.4 is 10.2 Å². The lowest BCUT2D eigenvalue weighted by Gasteiger charge is -2.35. The van der Waals surface area contributed by atoms with Crippen molar-refractivity contribution in [3.05, 3.63) is 54.1 Å². The molecule has 140 valence electrons. The first-order valence-corrected chi connectivity index (χ1v) is 10.2. The summed E-state index contributed by atoms with van der Waals surface area (Å²) < 4.78 is 0. The number of hydrogen-bond acceptors (Lipinski definition) is 4. The molecule has 5 heteroatoms. The monoisotopic (exact) mass is 361 g/mol. The van der Waals surface area contributed by atoms with Crippen molar-refractivity contribution in [2.75, 3.05) is 18.0 Å². The summed E-state index contributed by atoms with van der Waals surface area (Å²) in [5.74, 6) is 1.53. The molecule has 5 rings (SSSR count). The summed E-state index contributed by atoms with van der Waals surface area (Å²) in [6.45, 7) is 4.54. The lowest BCUT2D eigenvalue weighted by Crippen LogP contribution is -2.38. The minimum atomic E-state index is 0.377. The second-order valence-corrected chi connectivity index (χ2v) is 8.07. The van der Waals surface area contributed by atoms with Crippen LogP contribution in [0, 0.1) is 0 Å². The van der Waals surface area contributed by atoms with Crippen LogP contribution in [0.3, 0.4) is 0 Å². The Morgan fingerprint density at radius 2 is 1.81 bits per heavy atom. The van der Waals surface area contributed by atoms with Crippen molar-refractivity contribution in [2.24, 2.45) is 0 Å². The van der Waals surface area contributed by atoms with Gasteiger partial charge in [-0.3, -0.25) is 4.98 Å². The number of piperidine rings is 1. The second kappa shape index (κ2) is 6.97. The Morgan fingerprint density at radius 1 is 1.00 bits per heavy atom. The molecule has 1 aromatic rings. The van der Waals surface area contributed by atoms with E-state index in [2.05, 4.69) is 57.4 Å². The first kappa shape index (κ1) is 16.8. The van der Waals surface area contributed by atoms with E-state index >= 15 is 0 Å². The lowest BCUT2D eigenvalue weighted by molar-refractivity contribution is 0.299. The summed E-state index contributed by atoms with van der Waals surface area (Å²) in [5.41, 5.74) is 4.74. The fourth-order valence-electron chi connectivity index (χ4n) is 4.74. The Morgan fingerprint density at radius 3 is 2.63 bits per heavy atom. The van der Waals surface area contributed by atoms with Crippen LogP contribution in [0.25, 0.3) is 11.4 Å². The van der Waals surface area contributed by atoms with Gasteiger partial charge in [-0.2, -0.15) is 0 Å². The molecule has 0 bridgehead atoms. The van der Waals surface area contributed by atoms with Gasteiger partial charge in [0.25, 0.3) is 0 Å². The molecule has 0 spiro atoms. The van der Waals surface area contributed by atoms with Crippen LogP contribution in [0.2, 0.25) is 0 Å². The summed E-state index contributed by atoms with van der Waals surface area (Å²) in [6.07, 6.45) is 8.67. The van der Waals surface area contributed by atoms with E-state index in [0.29, 0.717) is 18.0 Å². The molecule has 3 atom stereocenters. The van der Waals surface area contributed by atoms with Crippen LogP contribution in [0.15, 0.2) is 42.7 Å². The zero-order chi connectivity index (χ0) is 18.2. The molecule has 2 saturated heterocycles. The number of fused-ring (bicyclic) bond motifs is 1. The molecule has 1 aromatic carbocycles. The molecule has 4 heterocycles. The van der Waals surface area contributed by atoms with Crippen molar-refractivity contribution in [1.82, 2.24) is 20.3 Å². The highest BCUT2D eigenvalue weighted by atomic mass is 15.2. The summed E-state index contributed by atoms with van der Waals surface area (Å²) >= 11 is 0. The molecular weight excluding hydrogens is 334 g/mol. The number of H-pyrrole nitrogens is 1. The molecule has 4 aliphatic rings. The van der Waals surface area contributed by atoms with Gasteiger partial charge in [-0.25, -0.2) is 4.98 Å². The van der Waals surface area contributed by atoms with Gasteiger partial charge in [0.2, 0.25) is 0 Å². The molecule has 5 nitrogen and oxygen atoms in total. The minimum absolute atomic E-state index is 0.377. The van der Waals surface area contributed by atoms with E-state index in [4.69, 9.17) is 4.98 Å². The first-order valence-electron chi connectivity index (χ1n) is 10.2. The van der Waals surface area contributed by atoms with Crippen LogP contribution in [-0.4, -0.2) is 34.1 Å². The molecule has 0 amide bonds. The van der Waals surface area contributed by atoms with Gasteiger partial charge in [-0.15, -0.1) is 0 Å². The van der Waals surface area contributed by atoms with Crippen LogP contribution in [0.4, 0.5) is 5.69 Å². The van der Waals surface area contributed by atoms with Gasteiger partial charge in [-0.1, -0.05) is 30.3 Å². The third-order valence-electron chi connectivity index (χ3n) is 6.10. The maximum Gasteiger partial charge on any atom is 0.109 e. The minimum Gasteiger partial charge on any atom is -0.369 e. The lowest BCUT2D eigenvalue weighted by atomic mass is 9.85. The Labute approximate surface area is 160 Å². The highest BCUT2D eigenvalue weighted by molar-refractivity contribution is 5.74. The molecule has 0 aromatic heterocycles. The van der Waals surface area contributed by atoms with Crippen LogP contribution in [-0.2, 0) is 0 Å². The van der Waals surface area contributed by atoms with E-state index in [1.165, 1.54) is 24.1 Å². The molecule has 2 fully saturated rings. The number of aromatic amines is 1. The molecular formula is C22H27N5. The van der Waals surface area contributed by atoms with Gasteiger partial charge < -0.3 is 15.2 Å². The van der Waals surface area contributed by atoms with Gasteiger partial charge in [0.15, 0.2) is 0 Å². The Kier molecular flexibility index (Phi) is 4.32. The fraction of sp³-hybridized carbons (Fsp3) is 0.455. The van der Waals surface area contributed by atoms with E-state index in [1.54, 1.807) is 0 Å². The number of aromatic nitrogens is 3. The van der Waals surface area contributed by atoms with Crippen molar-refractivity contribution < 1.29 is 0 Å². The zero-order valence-electron chi connectivity index (χ0n) is 15.9. The maximum atomic E-state index is 4.77. The fourth-order valence-corrected chi connectivity index (χ4v) is 4.74. The predicted molar refractivity (Wildman–Crippen MR) is 108 cm³/mol. The van der Waals surface area contributed by atoms with E-state index < -0.39 is 0 Å². The standard InChI is InChI=1S/C22H27N5/c1-15-11-17(12-18(25-15)16-7-3-2-4-8-16)22-24-13-19-21(26-22)20(14-23-19)27-9-5-6-10-27/h2-4,7-8,13-15,17-18,25H,5-6,9-12H2,1H3,(H,24,26). The van der Waals surface area contributed by atoms with Crippen molar-refractivity contribution in [3.8, 4) is 11.4 Å². The summed E-state index contributed by atoms with van der Waals surface area (Å²) in [7, 11) is 0. The second-order valence-electron chi connectivity index (χ2n) is 8.07. The molecule has 3 unspecified atom stereocenters. The average Bonchev–Trinajstić information content (AvgIpc) is 3.37. The summed E-state index contributed by atoms with van der Waals surface area (Å²) in [6, 6.07) is 11.6. The molecule has 2 N–H and O–H groups in total. The number of benzene rings is 1. The largest absolute Gasteiger partial charge is 0.369 e. The van der Waals surface area contributed by atoms with Crippen molar-refractivity contribution >= 4 is 5.69 Å². The van der Waals surface area contributed by atoms with E-state index in [1.807, 2.05) is 12.4 Å². The number of nitrogens with one attached hydrogen (secondary N) is 2. The number of rotatable bonds is 3. The third kappa shape index (κ3) is 3.21. The third-order valence-corrected chi connectivity index (χ3v) is 6.10. The van der Waals surface area contributed by atoms with Gasteiger partial charge in [0, 0.05) is 31.1 Å². The van der Waals surface area contributed by atoms with Crippen molar-refractivity contribution in [2.45, 2.75) is 50.6 Å². The molecule has 0 radical (unpaired) electrons. The smallest absolute Gasteiger partial charge is 0.109 e.